The third-order valence-corrected chi connectivity index (χ3v) is 3.03. The first-order chi connectivity index (χ1) is 9.72. The quantitative estimate of drug-likeness (QED) is 0.871. The molecule has 3 heteroatoms. The highest BCUT2D eigenvalue weighted by Gasteiger charge is 2.03. The van der Waals surface area contributed by atoms with Gasteiger partial charge in [0.2, 0.25) is 0 Å². The lowest BCUT2D eigenvalue weighted by molar-refractivity contribution is 0.339. The Labute approximate surface area is 120 Å². The minimum absolute atomic E-state index is 0.665. The maximum atomic E-state index is 5.89. The fourth-order valence-corrected chi connectivity index (χ4v) is 2.05. The van der Waals surface area contributed by atoms with Crippen molar-refractivity contribution in [3.8, 4) is 17.2 Å². The fraction of sp³-hybridized carbons (Fsp3) is 0.294. The summed E-state index contributed by atoms with van der Waals surface area (Å²) in [5.74, 6) is 2.54. The average molecular weight is 271 g/mol. The number of hydrogen-bond acceptors (Lipinski definition) is 3. The van der Waals surface area contributed by atoms with Crippen molar-refractivity contribution in [3.05, 3.63) is 53.6 Å². The molecule has 0 atom stereocenters. The second-order valence-corrected chi connectivity index (χ2v) is 4.65. The Morgan fingerprint density at radius 1 is 1.00 bits per heavy atom. The monoisotopic (exact) mass is 271 g/mol. The molecule has 0 unspecified atom stereocenters. The normalized spacial score (nSPS) is 10.3. The number of rotatable bonds is 6. The van der Waals surface area contributed by atoms with E-state index in [1.54, 1.807) is 0 Å². The molecule has 106 valence electrons. The lowest BCUT2D eigenvalue weighted by Crippen LogP contribution is -2.02. The van der Waals surface area contributed by atoms with Gasteiger partial charge in [-0.1, -0.05) is 12.1 Å². The molecular weight excluding hydrogens is 250 g/mol. The molecular formula is C17H21NO2. The maximum absolute atomic E-state index is 5.89. The van der Waals surface area contributed by atoms with Crippen molar-refractivity contribution in [2.75, 3.05) is 13.2 Å². The van der Waals surface area contributed by atoms with E-state index >= 15 is 0 Å². The first-order valence-corrected chi connectivity index (χ1v) is 6.93. The molecule has 0 heterocycles. The lowest BCUT2D eigenvalue weighted by atomic mass is 10.1. The molecule has 2 aromatic rings. The van der Waals surface area contributed by atoms with Crippen LogP contribution in [0, 0.1) is 6.92 Å². The molecule has 0 aliphatic carbocycles. The Kier molecular flexibility index (Phi) is 5.02. The van der Waals surface area contributed by atoms with Gasteiger partial charge in [0, 0.05) is 0 Å². The van der Waals surface area contributed by atoms with Gasteiger partial charge < -0.3 is 15.2 Å². The summed E-state index contributed by atoms with van der Waals surface area (Å²) in [5.41, 5.74) is 7.92. The van der Waals surface area contributed by atoms with Crippen molar-refractivity contribution in [1.82, 2.24) is 0 Å². The summed E-state index contributed by atoms with van der Waals surface area (Å²) in [5, 5.41) is 0. The van der Waals surface area contributed by atoms with E-state index in [4.69, 9.17) is 15.2 Å². The Morgan fingerprint density at radius 2 is 1.70 bits per heavy atom. The number of benzene rings is 2. The predicted molar refractivity (Wildman–Crippen MR) is 81.6 cm³/mol. The van der Waals surface area contributed by atoms with Crippen LogP contribution >= 0.6 is 0 Å². The van der Waals surface area contributed by atoms with Crippen LogP contribution in [0.15, 0.2) is 42.5 Å². The van der Waals surface area contributed by atoms with Crippen LogP contribution in [0.5, 0.6) is 17.2 Å². The molecule has 2 aromatic carbocycles. The third-order valence-electron chi connectivity index (χ3n) is 3.03. The Balaban J connectivity index is 2.09. The van der Waals surface area contributed by atoms with Crippen molar-refractivity contribution in [1.29, 1.82) is 0 Å². The van der Waals surface area contributed by atoms with E-state index in [1.165, 1.54) is 5.56 Å². The minimum Gasteiger partial charge on any atom is -0.494 e. The van der Waals surface area contributed by atoms with Gasteiger partial charge in [0.1, 0.15) is 17.2 Å². The molecule has 20 heavy (non-hydrogen) atoms. The first kappa shape index (κ1) is 14.4. The zero-order chi connectivity index (χ0) is 14.4. The lowest BCUT2D eigenvalue weighted by Gasteiger charge is -2.11. The molecule has 0 aromatic heterocycles. The van der Waals surface area contributed by atoms with Crippen LogP contribution in [-0.4, -0.2) is 13.2 Å². The van der Waals surface area contributed by atoms with Crippen LogP contribution in [0.3, 0.4) is 0 Å². The van der Waals surface area contributed by atoms with Crippen molar-refractivity contribution in [3.63, 3.8) is 0 Å². The summed E-state index contributed by atoms with van der Waals surface area (Å²) in [6.45, 7) is 5.35. The molecule has 0 amide bonds. The topological polar surface area (TPSA) is 44.5 Å². The highest BCUT2D eigenvalue weighted by Crippen LogP contribution is 2.27. The number of aryl methyl sites for hydroxylation is 1. The van der Waals surface area contributed by atoms with Crippen LogP contribution in [0.2, 0.25) is 0 Å². The third kappa shape index (κ3) is 3.75. The Bertz CT molecular complexity index is 549. The van der Waals surface area contributed by atoms with Crippen molar-refractivity contribution < 1.29 is 9.47 Å². The fourth-order valence-electron chi connectivity index (χ4n) is 2.05. The number of ether oxygens (including phenoxy) is 2. The SMILES string of the molecule is CCOc1ccc(Oc2ccc(CCN)cc2C)cc1. The van der Waals surface area contributed by atoms with E-state index in [0.29, 0.717) is 13.2 Å². The maximum Gasteiger partial charge on any atom is 0.130 e. The number of hydrogen-bond donors (Lipinski definition) is 1. The largest absolute Gasteiger partial charge is 0.494 e. The van der Waals surface area contributed by atoms with Gasteiger partial charge in [-0.3, -0.25) is 0 Å². The van der Waals surface area contributed by atoms with Gasteiger partial charge in [-0.15, -0.1) is 0 Å². The summed E-state index contributed by atoms with van der Waals surface area (Å²) in [4.78, 5) is 0. The molecule has 0 aliphatic heterocycles. The molecule has 0 spiro atoms. The van der Waals surface area contributed by atoms with Crippen LogP contribution in [0.25, 0.3) is 0 Å². The minimum atomic E-state index is 0.665. The van der Waals surface area contributed by atoms with Gasteiger partial charge >= 0.3 is 0 Å². The van der Waals surface area contributed by atoms with Crippen LogP contribution < -0.4 is 15.2 Å². The van der Waals surface area contributed by atoms with Gasteiger partial charge in [-0.05, 0) is 68.3 Å². The smallest absolute Gasteiger partial charge is 0.130 e. The van der Waals surface area contributed by atoms with E-state index in [9.17, 15) is 0 Å². The summed E-state index contributed by atoms with van der Waals surface area (Å²) >= 11 is 0. The zero-order valence-electron chi connectivity index (χ0n) is 12.1. The standard InChI is InChI=1S/C17H21NO2/c1-3-19-15-5-7-16(8-6-15)20-17-9-4-14(10-11-18)12-13(17)2/h4-9,12H,3,10-11,18H2,1-2H3. The molecule has 0 radical (unpaired) electrons. The van der Waals surface area contributed by atoms with Crippen molar-refractivity contribution in [2.45, 2.75) is 20.3 Å². The van der Waals surface area contributed by atoms with E-state index in [0.717, 1.165) is 29.2 Å². The highest BCUT2D eigenvalue weighted by atomic mass is 16.5. The Hall–Kier alpha value is -2.00. The van der Waals surface area contributed by atoms with Crippen molar-refractivity contribution in [2.24, 2.45) is 5.73 Å². The molecule has 2 rings (SSSR count). The van der Waals surface area contributed by atoms with Gasteiger partial charge in [0.25, 0.3) is 0 Å². The summed E-state index contributed by atoms with van der Waals surface area (Å²) in [6.07, 6.45) is 0.893. The van der Waals surface area contributed by atoms with Crippen molar-refractivity contribution >= 4 is 0 Å². The highest BCUT2D eigenvalue weighted by molar-refractivity contribution is 5.41. The number of nitrogens with two attached hydrogens (primary N) is 1. The second kappa shape index (κ2) is 6.96. The molecule has 0 saturated carbocycles. The van der Waals surface area contributed by atoms with Crippen LogP contribution in [0.1, 0.15) is 18.1 Å². The zero-order valence-corrected chi connectivity index (χ0v) is 12.1. The average Bonchev–Trinajstić information content (AvgIpc) is 2.44. The van der Waals surface area contributed by atoms with Crippen LogP contribution in [0.4, 0.5) is 0 Å². The van der Waals surface area contributed by atoms with E-state index in [2.05, 4.69) is 12.1 Å². The summed E-state index contributed by atoms with van der Waals surface area (Å²) in [6, 6.07) is 13.8. The Morgan fingerprint density at radius 3 is 2.30 bits per heavy atom. The first-order valence-electron chi connectivity index (χ1n) is 6.93. The summed E-state index contributed by atoms with van der Waals surface area (Å²) < 4.78 is 11.3. The molecule has 0 saturated heterocycles. The molecule has 3 nitrogen and oxygen atoms in total. The van der Waals surface area contributed by atoms with Gasteiger partial charge in [0.05, 0.1) is 6.61 Å². The molecule has 2 N–H and O–H groups in total. The van der Waals surface area contributed by atoms with Gasteiger partial charge in [-0.25, -0.2) is 0 Å². The predicted octanol–water partition coefficient (Wildman–Crippen LogP) is 3.69. The van der Waals surface area contributed by atoms with Gasteiger partial charge in [-0.2, -0.15) is 0 Å². The van der Waals surface area contributed by atoms with E-state index in [-0.39, 0.29) is 0 Å². The molecule has 0 aliphatic rings. The summed E-state index contributed by atoms with van der Waals surface area (Å²) in [7, 11) is 0. The second-order valence-electron chi connectivity index (χ2n) is 4.65. The molecule has 0 fully saturated rings. The van der Waals surface area contributed by atoms with Gasteiger partial charge in [0.15, 0.2) is 0 Å². The molecule has 0 bridgehead atoms. The van der Waals surface area contributed by atoms with Crippen LogP contribution in [-0.2, 0) is 6.42 Å². The van der Waals surface area contributed by atoms with E-state index < -0.39 is 0 Å². The van der Waals surface area contributed by atoms with E-state index in [1.807, 2.05) is 44.2 Å².